The Bertz CT molecular complexity index is 419. The van der Waals surface area contributed by atoms with Gasteiger partial charge in [-0.05, 0) is 24.1 Å². The van der Waals surface area contributed by atoms with E-state index >= 15 is 0 Å². The third-order valence-electron chi connectivity index (χ3n) is 2.34. The zero-order valence-electron chi connectivity index (χ0n) is 7.74. The summed E-state index contributed by atoms with van der Waals surface area (Å²) in [5.74, 6) is -0.238. The molecule has 1 aliphatic rings. The first-order valence-corrected chi connectivity index (χ1v) is 5.83. The molecule has 1 unspecified atom stereocenters. The fraction of sp³-hybridized carbons (Fsp3) is 0.300. The van der Waals surface area contributed by atoms with Crippen LogP contribution < -0.4 is 0 Å². The lowest BCUT2D eigenvalue weighted by Gasteiger charge is -2.21. The molecule has 0 bridgehead atoms. The molecule has 0 saturated heterocycles. The molecule has 80 valence electrons. The van der Waals surface area contributed by atoms with Crippen molar-refractivity contribution in [1.82, 2.24) is 0 Å². The number of benzene rings is 1. The molecule has 3 nitrogen and oxygen atoms in total. The lowest BCUT2D eigenvalue weighted by molar-refractivity contribution is 0.0696. The molecule has 0 spiro atoms. The predicted octanol–water partition coefficient (Wildman–Crippen LogP) is 2.57. The van der Waals surface area contributed by atoms with Crippen molar-refractivity contribution in [2.24, 2.45) is 0 Å². The van der Waals surface area contributed by atoms with Crippen LogP contribution in [0.3, 0.4) is 0 Å². The molecule has 0 radical (unpaired) electrons. The quantitative estimate of drug-likeness (QED) is 0.797. The molecule has 0 fully saturated rings. The third-order valence-corrected chi connectivity index (χ3v) is 3.75. The minimum Gasteiger partial charge on any atom is -0.478 e. The molecular formula is C10H9ClO3S. The largest absolute Gasteiger partial charge is 0.478 e. The van der Waals surface area contributed by atoms with Crippen LogP contribution in [0.4, 0.5) is 0 Å². The highest BCUT2D eigenvalue weighted by atomic mass is 35.5. The van der Waals surface area contributed by atoms with Gasteiger partial charge in [0.1, 0.15) is 0 Å². The number of carboxylic acid groups (broad SMARTS) is 1. The van der Waals surface area contributed by atoms with Gasteiger partial charge in [0.2, 0.25) is 0 Å². The monoisotopic (exact) mass is 244 g/mol. The summed E-state index contributed by atoms with van der Waals surface area (Å²) in [4.78, 5) is 11.6. The second-order valence-corrected chi connectivity index (χ2v) is 4.87. The van der Waals surface area contributed by atoms with Crippen LogP contribution in [0.15, 0.2) is 17.0 Å². The van der Waals surface area contributed by atoms with Gasteiger partial charge in [-0.2, -0.15) is 0 Å². The molecule has 2 rings (SSSR count). The van der Waals surface area contributed by atoms with Crippen LogP contribution in [-0.2, 0) is 0 Å². The van der Waals surface area contributed by atoms with Crippen molar-refractivity contribution < 1.29 is 15.0 Å². The van der Waals surface area contributed by atoms with Gasteiger partial charge in [-0.15, -0.1) is 11.8 Å². The maximum Gasteiger partial charge on any atom is 0.337 e. The second-order valence-electron chi connectivity index (χ2n) is 3.33. The molecule has 1 atom stereocenters. The van der Waals surface area contributed by atoms with Crippen LogP contribution in [0, 0.1) is 0 Å². The number of thioether (sulfide) groups is 1. The SMILES string of the molecule is O=C(O)c1cc2c(cc1Cl)C(O)CCS2. The first-order valence-electron chi connectivity index (χ1n) is 4.47. The highest BCUT2D eigenvalue weighted by Gasteiger charge is 2.22. The summed E-state index contributed by atoms with van der Waals surface area (Å²) < 4.78 is 0. The van der Waals surface area contributed by atoms with E-state index in [4.69, 9.17) is 16.7 Å². The van der Waals surface area contributed by atoms with E-state index in [0.29, 0.717) is 6.42 Å². The van der Waals surface area contributed by atoms with Gasteiger partial charge in [-0.1, -0.05) is 11.6 Å². The van der Waals surface area contributed by atoms with Crippen LogP contribution in [0.25, 0.3) is 0 Å². The van der Waals surface area contributed by atoms with Crippen LogP contribution >= 0.6 is 23.4 Å². The van der Waals surface area contributed by atoms with Crippen LogP contribution in [-0.4, -0.2) is 21.9 Å². The molecule has 15 heavy (non-hydrogen) atoms. The van der Waals surface area contributed by atoms with Gasteiger partial charge in [0.15, 0.2) is 0 Å². The highest BCUT2D eigenvalue weighted by Crippen LogP contribution is 2.38. The highest BCUT2D eigenvalue weighted by molar-refractivity contribution is 7.99. The smallest absolute Gasteiger partial charge is 0.337 e. The predicted molar refractivity (Wildman–Crippen MR) is 58.7 cm³/mol. The van der Waals surface area contributed by atoms with Gasteiger partial charge in [-0.3, -0.25) is 0 Å². The van der Waals surface area contributed by atoms with Gasteiger partial charge in [-0.25, -0.2) is 4.79 Å². The van der Waals surface area contributed by atoms with Gasteiger partial charge >= 0.3 is 5.97 Å². The average molecular weight is 245 g/mol. The zero-order valence-corrected chi connectivity index (χ0v) is 9.31. The summed E-state index contributed by atoms with van der Waals surface area (Å²) >= 11 is 7.37. The van der Waals surface area contributed by atoms with Crippen LogP contribution in [0.5, 0.6) is 0 Å². The molecule has 1 aliphatic heterocycles. The Morgan fingerprint density at radius 2 is 2.27 bits per heavy atom. The number of carbonyl (C=O) groups is 1. The molecule has 5 heteroatoms. The fourth-order valence-corrected chi connectivity index (χ4v) is 2.93. The Kier molecular flexibility index (Phi) is 2.91. The molecule has 2 N–H and O–H groups in total. The molecule has 0 aliphatic carbocycles. The number of fused-ring (bicyclic) bond motifs is 1. The topological polar surface area (TPSA) is 57.5 Å². The van der Waals surface area contributed by atoms with Crippen molar-refractivity contribution in [1.29, 1.82) is 0 Å². The van der Waals surface area contributed by atoms with Gasteiger partial charge in [0.05, 0.1) is 16.7 Å². The standard InChI is InChI=1S/C10H9ClO3S/c11-7-3-6-8(12)1-2-15-9(6)4-5(7)10(13)14/h3-4,8,12H,1-2H2,(H,13,14). The summed E-state index contributed by atoms with van der Waals surface area (Å²) in [7, 11) is 0. The normalized spacial score (nSPS) is 19.7. The van der Waals surface area contributed by atoms with Crippen LogP contribution in [0.2, 0.25) is 5.02 Å². The first-order chi connectivity index (χ1) is 7.09. The fourth-order valence-electron chi connectivity index (χ4n) is 1.55. The van der Waals surface area contributed by atoms with Gasteiger partial charge < -0.3 is 10.2 Å². The molecule has 0 amide bonds. The van der Waals surface area contributed by atoms with Gasteiger partial charge in [0, 0.05) is 10.6 Å². The Morgan fingerprint density at radius 3 is 2.93 bits per heavy atom. The van der Waals surface area contributed by atoms with E-state index < -0.39 is 12.1 Å². The van der Waals surface area contributed by atoms with Crippen molar-refractivity contribution in [2.75, 3.05) is 5.75 Å². The number of aliphatic hydroxyl groups excluding tert-OH is 1. The van der Waals surface area contributed by atoms with E-state index in [1.807, 2.05) is 0 Å². The molecule has 1 aromatic carbocycles. The maximum absolute atomic E-state index is 10.8. The van der Waals surface area contributed by atoms with Crippen molar-refractivity contribution in [3.63, 3.8) is 0 Å². The summed E-state index contributed by atoms with van der Waals surface area (Å²) in [6.07, 6.45) is 0.155. The average Bonchev–Trinajstić information content (AvgIpc) is 2.18. The number of aromatic carboxylic acids is 1. The van der Waals surface area contributed by atoms with Crippen molar-refractivity contribution in [2.45, 2.75) is 17.4 Å². The number of aliphatic hydroxyl groups is 1. The Morgan fingerprint density at radius 1 is 1.53 bits per heavy atom. The summed E-state index contributed by atoms with van der Waals surface area (Å²) in [6.45, 7) is 0. The lowest BCUT2D eigenvalue weighted by Crippen LogP contribution is -2.08. The second kappa shape index (κ2) is 4.04. The summed E-state index contributed by atoms with van der Waals surface area (Å²) in [5.41, 5.74) is 0.832. The van der Waals surface area contributed by atoms with Crippen molar-refractivity contribution >= 4 is 29.3 Å². The van der Waals surface area contributed by atoms with E-state index in [1.165, 1.54) is 6.07 Å². The Labute approximate surface area is 96.1 Å². The zero-order chi connectivity index (χ0) is 11.0. The Balaban J connectivity index is 2.54. The van der Waals surface area contributed by atoms with Gasteiger partial charge in [0.25, 0.3) is 0 Å². The molecule has 0 saturated carbocycles. The first kappa shape index (κ1) is 10.8. The number of hydrogen-bond donors (Lipinski definition) is 2. The van der Waals surface area contributed by atoms with Crippen molar-refractivity contribution in [3.05, 3.63) is 28.3 Å². The van der Waals surface area contributed by atoms with E-state index in [0.717, 1.165) is 16.2 Å². The Hall–Kier alpha value is -0.710. The molecular weight excluding hydrogens is 236 g/mol. The molecule has 0 aromatic heterocycles. The number of halogens is 1. The van der Waals surface area contributed by atoms with E-state index in [1.54, 1.807) is 17.8 Å². The summed E-state index contributed by atoms with van der Waals surface area (Å²) in [5, 5.41) is 18.8. The van der Waals surface area contributed by atoms with Crippen LogP contribution in [0.1, 0.15) is 28.4 Å². The molecule has 1 heterocycles. The lowest BCUT2D eigenvalue weighted by atomic mass is 10.0. The maximum atomic E-state index is 10.8. The molecule has 1 aromatic rings. The van der Waals surface area contributed by atoms with Crippen molar-refractivity contribution in [3.8, 4) is 0 Å². The third kappa shape index (κ3) is 1.97. The number of hydrogen-bond acceptors (Lipinski definition) is 3. The minimum atomic E-state index is -1.04. The van der Waals surface area contributed by atoms with E-state index in [-0.39, 0.29) is 10.6 Å². The minimum absolute atomic E-state index is 0.0945. The number of carboxylic acids is 1. The van der Waals surface area contributed by atoms with E-state index in [2.05, 4.69) is 0 Å². The van der Waals surface area contributed by atoms with E-state index in [9.17, 15) is 9.90 Å². The number of rotatable bonds is 1. The summed E-state index contributed by atoms with van der Waals surface area (Å²) in [6, 6.07) is 3.09.